The van der Waals surface area contributed by atoms with Crippen molar-refractivity contribution in [3.63, 3.8) is 0 Å². The number of ether oxygens (including phenoxy) is 1. The van der Waals surface area contributed by atoms with Crippen molar-refractivity contribution in [3.8, 4) is 0 Å². The summed E-state index contributed by atoms with van der Waals surface area (Å²) in [4.78, 5) is 47.7. The molecule has 31 heavy (non-hydrogen) atoms. The molecule has 8 nitrogen and oxygen atoms in total. The van der Waals surface area contributed by atoms with Crippen molar-refractivity contribution >= 4 is 23.8 Å². The van der Waals surface area contributed by atoms with Gasteiger partial charge in [0.2, 0.25) is 5.91 Å². The monoisotopic (exact) mass is 426 g/mol. The summed E-state index contributed by atoms with van der Waals surface area (Å²) >= 11 is 0. The number of carbonyl (C=O) groups is 4. The first-order chi connectivity index (χ1) is 14.8. The fraction of sp³-hybridized carbons (Fsp3) is 0.304. The molecule has 2 amide bonds. The normalized spacial score (nSPS) is 12.3. The zero-order chi connectivity index (χ0) is 22.6. The Labute approximate surface area is 180 Å². The van der Waals surface area contributed by atoms with E-state index in [1.165, 1.54) is 6.92 Å². The molecule has 2 aromatic carbocycles. The topological polar surface area (TPSA) is 122 Å². The largest absolute Gasteiger partial charge is 0.480 e. The number of rotatable bonds is 11. The quantitative estimate of drug-likeness (QED) is 0.507. The zero-order valence-corrected chi connectivity index (χ0v) is 17.2. The van der Waals surface area contributed by atoms with Gasteiger partial charge in [-0.3, -0.25) is 4.79 Å². The SMILES string of the molecule is CC(=O)CC[C@H](NC(=O)[C@H](Cc1ccccc1)NC(=O)OCc1ccccc1)C(=O)O. The van der Waals surface area contributed by atoms with Gasteiger partial charge in [0.05, 0.1) is 0 Å². The van der Waals surface area contributed by atoms with Gasteiger partial charge >= 0.3 is 12.1 Å². The van der Waals surface area contributed by atoms with Crippen LogP contribution in [-0.4, -0.2) is 40.9 Å². The van der Waals surface area contributed by atoms with E-state index in [0.717, 1.165) is 11.1 Å². The number of hydrogen-bond donors (Lipinski definition) is 3. The number of amides is 2. The number of benzene rings is 2. The van der Waals surface area contributed by atoms with Crippen molar-refractivity contribution in [2.45, 2.75) is 44.9 Å². The minimum atomic E-state index is -1.25. The van der Waals surface area contributed by atoms with Crippen molar-refractivity contribution in [1.29, 1.82) is 0 Å². The first-order valence-electron chi connectivity index (χ1n) is 9.89. The standard InChI is InChI=1S/C23H26N2O6/c1-16(26)12-13-19(22(28)29)24-21(27)20(14-17-8-4-2-5-9-17)25-23(30)31-15-18-10-6-3-7-11-18/h2-11,19-20H,12-15H2,1H3,(H,24,27)(H,25,30)(H,28,29)/t19-,20-/m0/s1. The molecule has 0 aliphatic rings. The van der Waals surface area contributed by atoms with Crippen LogP contribution in [0.3, 0.4) is 0 Å². The molecule has 0 bridgehead atoms. The number of hydrogen-bond acceptors (Lipinski definition) is 5. The number of nitrogens with one attached hydrogen (secondary N) is 2. The van der Waals surface area contributed by atoms with Crippen molar-refractivity contribution in [2.24, 2.45) is 0 Å². The fourth-order valence-electron chi connectivity index (χ4n) is 2.84. The van der Waals surface area contributed by atoms with Crippen LogP contribution < -0.4 is 10.6 Å². The molecule has 164 valence electrons. The Hall–Kier alpha value is -3.68. The third kappa shape index (κ3) is 8.69. The predicted molar refractivity (Wildman–Crippen MR) is 113 cm³/mol. The molecule has 0 fully saturated rings. The summed E-state index contributed by atoms with van der Waals surface area (Å²) in [6.45, 7) is 1.38. The molecule has 2 rings (SSSR count). The molecule has 2 atom stereocenters. The maximum atomic E-state index is 12.8. The number of Topliss-reactive ketones (excluding diaryl/α,β-unsaturated/α-hetero) is 1. The average molecular weight is 426 g/mol. The summed E-state index contributed by atoms with van der Waals surface area (Å²) in [5.74, 6) is -2.10. The van der Waals surface area contributed by atoms with E-state index < -0.39 is 30.1 Å². The van der Waals surface area contributed by atoms with Crippen LogP contribution in [0, 0.1) is 0 Å². The van der Waals surface area contributed by atoms with Gasteiger partial charge < -0.3 is 25.3 Å². The highest BCUT2D eigenvalue weighted by atomic mass is 16.5. The number of aliphatic carboxylic acids is 1. The van der Waals surface area contributed by atoms with Gasteiger partial charge in [-0.1, -0.05) is 60.7 Å². The second-order valence-electron chi connectivity index (χ2n) is 7.09. The molecule has 0 spiro atoms. The molecule has 0 heterocycles. The summed E-state index contributed by atoms with van der Waals surface area (Å²) < 4.78 is 5.19. The lowest BCUT2D eigenvalue weighted by Crippen LogP contribution is -2.52. The minimum Gasteiger partial charge on any atom is -0.480 e. The molecule has 0 unspecified atom stereocenters. The van der Waals surface area contributed by atoms with E-state index in [9.17, 15) is 24.3 Å². The van der Waals surface area contributed by atoms with Gasteiger partial charge in [0.25, 0.3) is 0 Å². The lowest BCUT2D eigenvalue weighted by atomic mass is 10.0. The third-order valence-electron chi connectivity index (χ3n) is 4.50. The first-order valence-corrected chi connectivity index (χ1v) is 9.89. The third-order valence-corrected chi connectivity index (χ3v) is 4.50. The van der Waals surface area contributed by atoms with Crippen molar-refractivity contribution in [2.75, 3.05) is 0 Å². The van der Waals surface area contributed by atoms with Gasteiger partial charge in [-0.05, 0) is 24.5 Å². The second kappa shape index (κ2) is 12.1. The van der Waals surface area contributed by atoms with Crippen LogP contribution in [-0.2, 0) is 32.1 Å². The highest BCUT2D eigenvalue weighted by molar-refractivity contribution is 5.89. The predicted octanol–water partition coefficient (Wildman–Crippen LogP) is 2.46. The molecule has 0 saturated heterocycles. The van der Waals surface area contributed by atoms with E-state index in [4.69, 9.17) is 4.74 Å². The van der Waals surface area contributed by atoms with Gasteiger partial charge in [-0.2, -0.15) is 0 Å². The first kappa shape index (κ1) is 23.6. The molecular formula is C23H26N2O6. The smallest absolute Gasteiger partial charge is 0.408 e. The van der Waals surface area contributed by atoms with Gasteiger partial charge in [-0.15, -0.1) is 0 Å². The van der Waals surface area contributed by atoms with Crippen LogP contribution in [0.25, 0.3) is 0 Å². The average Bonchev–Trinajstić information content (AvgIpc) is 2.75. The van der Waals surface area contributed by atoms with Crippen molar-refractivity contribution in [3.05, 3.63) is 71.8 Å². The second-order valence-corrected chi connectivity index (χ2v) is 7.09. The Morgan fingerprint density at radius 1 is 0.871 bits per heavy atom. The van der Waals surface area contributed by atoms with E-state index in [2.05, 4.69) is 10.6 Å². The zero-order valence-electron chi connectivity index (χ0n) is 17.2. The number of alkyl carbamates (subject to hydrolysis) is 1. The van der Waals surface area contributed by atoms with Gasteiger partial charge in [0.15, 0.2) is 0 Å². The lowest BCUT2D eigenvalue weighted by Gasteiger charge is -2.21. The van der Waals surface area contributed by atoms with Crippen LogP contribution in [0.2, 0.25) is 0 Å². The van der Waals surface area contributed by atoms with Gasteiger partial charge in [-0.25, -0.2) is 9.59 Å². The molecule has 0 aliphatic carbocycles. The Bertz CT molecular complexity index is 885. The molecule has 0 aromatic heterocycles. The molecular weight excluding hydrogens is 400 g/mol. The van der Waals surface area contributed by atoms with Crippen molar-refractivity contribution in [1.82, 2.24) is 10.6 Å². The number of carbonyl (C=O) groups excluding carboxylic acids is 3. The molecule has 3 N–H and O–H groups in total. The van der Waals surface area contributed by atoms with Crippen LogP contribution in [0.4, 0.5) is 4.79 Å². The van der Waals surface area contributed by atoms with Crippen LogP contribution in [0.5, 0.6) is 0 Å². The summed E-state index contributed by atoms with van der Waals surface area (Å²) in [5.41, 5.74) is 1.57. The van der Waals surface area contributed by atoms with E-state index >= 15 is 0 Å². The minimum absolute atomic E-state index is 0.0210. The van der Waals surface area contributed by atoms with Gasteiger partial charge in [0.1, 0.15) is 24.5 Å². The molecule has 8 heteroatoms. The molecule has 0 radical (unpaired) electrons. The molecule has 0 saturated carbocycles. The summed E-state index contributed by atoms with van der Waals surface area (Å²) in [7, 11) is 0. The van der Waals surface area contributed by atoms with Crippen LogP contribution in [0.15, 0.2) is 60.7 Å². The molecule has 0 aliphatic heterocycles. The highest BCUT2D eigenvalue weighted by Crippen LogP contribution is 2.07. The highest BCUT2D eigenvalue weighted by Gasteiger charge is 2.27. The Balaban J connectivity index is 2.05. The fourth-order valence-corrected chi connectivity index (χ4v) is 2.84. The Morgan fingerprint density at radius 3 is 2.00 bits per heavy atom. The maximum absolute atomic E-state index is 12.8. The van der Waals surface area contributed by atoms with Crippen molar-refractivity contribution < 1.29 is 29.0 Å². The van der Waals surface area contributed by atoms with Crippen LogP contribution >= 0.6 is 0 Å². The van der Waals surface area contributed by atoms with Gasteiger partial charge in [0, 0.05) is 12.8 Å². The number of ketones is 1. The Morgan fingerprint density at radius 2 is 1.45 bits per heavy atom. The van der Waals surface area contributed by atoms with E-state index in [-0.39, 0.29) is 31.7 Å². The number of carboxylic acids is 1. The summed E-state index contributed by atoms with van der Waals surface area (Å²) in [5, 5.41) is 14.3. The van der Waals surface area contributed by atoms with E-state index in [0.29, 0.717) is 0 Å². The molecule has 2 aromatic rings. The van der Waals surface area contributed by atoms with Crippen LogP contribution in [0.1, 0.15) is 30.9 Å². The maximum Gasteiger partial charge on any atom is 0.408 e. The lowest BCUT2D eigenvalue weighted by molar-refractivity contribution is -0.142. The number of carboxylic acid groups (broad SMARTS) is 1. The van der Waals surface area contributed by atoms with E-state index in [1.54, 1.807) is 36.4 Å². The van der Waals surface area contributed by atoms with E-state index in [1.807, 2.05) is 24.3 Å². The summed E-state index contributed by atoms with van der Waals surface area (Å²) in [6, 6.07) is 15.8. The Kier molecular flexibility index (Phi) is 9.22. The summed E-state index contributed by atoms with van der Waals surface area (Å²) in [6.07, 6.45) is -0.665.